The number of carboxylic acids is 1. The lowest BCUT2D eigenvalue weighted by molar-refractivity contribution is -0.137. The van der Waals surface area contributed by atoms with Crippen molar-refractivity contribution in [2.24, 2.45) is 0 Å². The van der Waals surface area contributed by atoms with Crippen LogP contribution in [0.1, 0.15) is 24.8 Å². The van der Waals surface area contributed by atoms with E-state index in [0.29, 0.717) is 19.4 Å². The number of benzene rings is 1. The van der Waals surface area contributed by atoms with Crippen LogP contribution in [0.25, 0.3) is 0 Å². The Morgan fingerprint density at radius 1 is 1.17 bits per heavy atom. The molecule has 0 aliphatic rings. The Labute approximate surface area is 106 Å². The second-order valence-corrected chi connectivity index (χ2v) is 3.72. The number of carboxylic acid groups (broad SMARTS) is 1. The molecule has 18 heavy (non-hydrogen) atoms. The van der Waals surface area contributed by atoms with Crippen molar-refractivity contribution in [2.75, 3.05) is 6.54 Å². The Kier molecular flexibility index (Phi) is 6.05. The van der Waals surface area contributed by atoms with Gasteiger partial charge in [-0.05, 0) is 25.0 Å². The van der Waals surface area contributed by atoms with Crippen molar-refractivity contribution in [1.82, 2.24) is 5.32 Å². The van der Waals surface area contributed by atoms with Crippen LogP contribution in [-0.2, 0) is 9.59 Å². The fourth-order valence-electron chi connectivity index (χ4n) is 1.30. The summed E-state index contributed by atoms with van der Waals surface area (Å²) in [6.07, 6.45) is 1.33. The van der Waals surface area contributed by atoms with Gasteiger partial charge in [0.25, 0.3) is 5.91 Å². The van der Waals surface area contributed by atoms with E-state index in [4.69, 9.17) is 5.11 Å². The Balaban J connectivity index is 2.22. The molecule has 0 radical (unpaired) electrons. The first-order valence-corrected chi connectivity index (χ1v) is 5.75. The number of amides is 1. The minimum atomic E-state index is -0.815. The molecule has 0 aromatic heterocycles. The van der Waals surface area contributed by atoms with E-state index in [1.807, 2.05) is 30.3 Å². The summed E-state index contributed by atoms with van der Waals surface area (Å²) in [7, 11) is 0. The first-order chi connectivity index (χ1) is 8.68. The predicted octanol–water partition coefficient (Wildman–Crippen LogP) is 1.41. The van der Waals surface area contributed by atoms with Crippen molar-refractivity contribution in [1.29, 1.82) is 0 Å². The van der Waals surface area contributed by atoms with E-state index in [2.05, 4.69) is 17.2 Å². The third-order valence-corrected chi connectivity index (χ3v) is 2.20. The molecule has 0 bridgehead atoms. The van der Waals surface area contributed by atoms with E-state index in [0.717, 1.165) is 5.56 Å². The lowest BCUT2D eigenvalue weighted by Gasteiger charge is -1.98. The summed E-state index contributed by atoms with van der Waals surface area (Å²) in [4.78, 5) is 21.6. The predicted molar refractivity (Wildman–Crippen MR) is 67.8 cm³/mol. The van der Waals surface area contributed by atoms with Crippen molar-refractivity contribution in [3.05, 3.63) is 35.9 Å². The minimum absolute atomic E-state index is 0.131. The van der Waals surface area contributed by atoms with Gasteiger partial charge in [-0.25, -0.2) is 0 Å². The number of carbonyl (C=O) groups excluding carboxylic acids is 1. The molecule has 0 heterocycles. The highest BCUT2D eigenvalue weighted by molar-refractivity contribution is 5.94. The zero-order valence-electron chi connectivity index (χ0n) is 9.98. The van der Waals surface area contributed by atoms with Gasteiger partial charge in [0.05, 0.1) is 0 Å². The normalized spacial score (nSPS) is 9.11. The molecular weight excluding hydrogens is 230 g/mol. The number of unbranched alkanes of at least 4 members (excludes halogenated alkanes) is 1. The molecule has 1 amide bonds. The Hall–Kier alpha value is -2.28. The summed E-state index contributed by atoms with van der Waals surface area (Å²) >= 11 is 0. The largest absolute Gasteiger partial charge is 0.481 e. The van der Waals surface area contributed by atoms with Crippen molar-refractivity contribution < 1.29 is 14.7 Å². The molecule has 4 heteroatoms. The Bertz CT molecular complexity index is 457. The maximum atomic E-state index is 11.3. The highest BCUT2D eigenvalue weighted by atomic mass is 16.4. The van der Waals surface area contributed by atoms with Gasteiger partial charge in [0, 0.05) is 24.4 Å². The first-order valence-electron chi connectivity index (χ1n) is 5.75. The third kappa shape index (κ3) is 6.33. The van der Waals surface area contributed by atoms with Crippen LogP contribution >= 0.6 is 0 Å². The maximum absolute atomic E-state index is 11.3. The van der Waals surface area contributed by atoms with E-state index >= 15 is 0 Å². The summed E-state index contributed by atoms with van der Waals surface area (Å²) in [5.74, 6) is 4.08. The molecule has 0 saturated carbocycles. The fraction of sp³-hybridized carbons (Fsp3) is 0.286. The van der Waals surface area contributed by atoms with Gasteiger partial charge in [0.2, 0.25) is 0 Å². The molecule has 2 N–H and O–H groups in total. The highest BCUT2D eigenvalue weighted by Crippen LogP contribution is 1.95. The van der Waals surface area contributed by atoms with E-state index in [1.54, 1.807) is 0 Å². The van der Waals surface area contributed by atoms with Gasteiger partial charge in [0.15, 0.2) is 0 Å². The number of rotatable bonds is 5. The minimum Gasteiger partial charge on any atom is -0.481 e. The zero-order chi connectivity index (χ0) is 13.2. The van der Waals surface area contributed by atoms with Crippen LogP contribution in [0.4, 0.5) is 0 Å². The number of aliphatic carboxylic acids is 1. The lowest BCUT2D eigenvalue weighted by Crippen LogP contribution is -2.22. The van der Waals surface area contributed by atoms with E-state index in [1.165, 1.54) is 0 Å². The van der Waals surface area contributed by atoms with Crippen LogP contribution in [0.5, 0.6) is 0 Å². The highest BCUT2D eigenvalue weighted by Gasteiger charge is 1.97. The molecule has 0 aliphatic heterocycles. The molecule has 1 aromatic carbocycles. The van der Waals surface area contributed by atoms with Crippen LogP contribution < -0.4 is 5.32 Å². The molecule has 94 valence electrons. The maximum Gasteiger partial charge on any atom is 0.303 e. The van der Waals surface area contributed by atoms with Gasteiger partial charge >= 0.3 is 5.97 Å². The van der Waals surface area contributed by atoms with Gasteiger partial charge in [-0.3, -0.25) is 9.59 Å². The molecule has 1 aromatic rings. The second-order valence-electron chi connectivity index (χ2n) is 3.72. The summed E-state index contributed by atoms with van der Waals surface area (Å²) in [6.45, 7) is 0.454. The van der Waals surface area contributed by atoms with Crippen LogP contribution in [0.3, 0.4) is 0 Å². The van der Waals surface area contributed by atoms with Crippen molar-refractivity contribution in [2.45, 2.75) is 19.3 Å². The van der Waals surface area contributed by atoms with Crippen LogP contribution in [0.2, 0.25) is 0 Å². The lowest BCUT2D eigenvalue weighted by atomic mass is 10.2. The zero-order valence-corrected chi connectivity index (χ0v) is 9.98. The monoisotopic (exact) mass is 245 g/mol. The Morgan fingerprint density at radius 2 is 1.89 bits per heavy atom. The Morgan fingerprint density at radius 3 is 2.56 bits per heavy atom. The summed E-state index contributed by atoms with van der Waals surface area (Å²) in [5.41, 5.74) is 0.790. The third-order valence-electron chi connectivity index (χ3n) is 2.20. The summed E-state index contributed by atoms with van der Waals surface area (Å²) < 4.78 is 0. The van der Waals surface area contributed by atoms with Gasteiger partial charge < -0.3 is 10.4 Å². The van der Waals surface area contributed by atoms with Gasteiger partial charge in [-0.1, -0.05) is 24.1 Å². The molecule has 0 atom stereocenters. The number of carbonyl (C=O) groups is 2. The van der Waals surface area contributed by atoms with Crippen molar-refractivity contribution in [3.8, 4) is 11.8 Å². The molecule has 0 unspecified atom stereocenters. The standard InChI is InChI=1S/C14H15NO3/c16-13(15-11-5-4-8-14(17)18)10-9-12-6-2-1-3-7-12/h1-3,6-7H,4-5,8,11H2,(H,15,16)(H,17,18). The van der Waals surface area contributed by atoms with Gasteiger partial charge in [-0.2, -0.15) is 0 Å². The van der Waals surface area contributed by atoms with Gasteiger partial charge in [-0.15, -0.1) is 0 Å². The van der Waals surface area contributed by atoms with E-state index in [9.17, 15) is 9.59 Å². The molecule has 0 aliphatic carbocycles. The average Bonchev–Trinajstić information content (AvgIpc) is 2.37. The average molecular weight is 245 g/mol. The van der Waals surface area contributed by atoms with Crippen LogP contribution in [0.15, 0.2) is 30.3 Å². The number of hydrogen-bond donors (Lipinski definition) is 2. The van der Waals surface area contributed by atoms with E-state index < -0.39 is 5.97 Å². The van der Waals surface area contributed by atoms with E-state index in [-0.39, 0.29) is 12.3 Å². The molecule has 0 spiro atoms. The topological polar surface area (TPSA) is 66.4 Å². The number of hydrogen-bond acceptors (Lipinski definition) is 2. The van der Waals surface area contributed by atoms with Crippen molar-refractivity contribution in [3.63, 3.8) is 0 Å². The van der Waals surface area contributed by atoms with Gasteiger partial charge in [0.1, 0.15) is 0 Å². The SMILES string of the molecule is O=C(O)CCCCNC(=O)C#Cc1ccccc1. The van der Waals surface area contributed by atoms with Crippen molar-refractivity contribution >= 4 is 11.9 Å². The summed E-state index contributed by atoms with van der Waals surface area (Å²) in [6, 6.07) is 9.25. The summed E-state index contributed by atoms with van der Waals surface area (Å²) in [5, 5.41) is 11.0. The molecular formula is C14H15NO3. The molecule has 0 saturated heterocycles. The second kappa shape index (κ2) is 7.91. The number of nitrogens with one attached hydrogen (secondary N) is 1. The van der Waals surface area contributed by atoms with Crippen LogP contribution in [-0.4, -0.2) is 23.5 Å². The molecule has 1 rings (SSSR count). The van der Waals surface area contributed by atoms with Crippen LogP contribution in [0, 0.1) is 11.8 Å². The fourth-order valence-corrected chi connectivity index (χ4v) is 1.30. The smallest absolute Gasteiger partial charge is 0.303 e. The molecule has 4 nitrogen and oxygen atoms in total. The molecule has 0 fully saturated rings. The quantitative estimate of drug-likeness (QED) is 0.609. The first kappa shape index (κ1) is 13.8.